The molecule has 4 nitrogen and oxygen atoms in total. The standard InChI is InChI=1S/C17H25N3O/c1-13-11-17(19-8-4-3-5-9-19)18-12-15(13)16-7-6-10-20(16)14(2)21/h11-12,16H,3-10H2,1-2H3. The number of aryl methyl sites for hydroxylation is 1. The summed E-state index contributed by atoms with van der Waals surface area (Å²) < 4.78 is 0. The average Bonchev–Trinajstić information content (AvgIpc) is 2.97. The molecule has 2 aliphatic heterocycles. The van der Waals surface area contributed by atoms with Gasteiger partial charge in [0.1, 0.15) is 5.82 Å². The van der Waals surface area contributed by atoms with E-state index in [1.807, 2.05) is 11.1 Å². The topological polar surface area (TPSA) is 36.4 Å². The van der Waals surface area contributed by atoms with Crippen molar-refractivity contribution in [1.82, 2.24) is 9.88 Å². The summed E-state index contributed by atoms with van der Waals surface area (Å²) in [6.45, 7) is 6.95. The quantitative estimate of drug-likeness (QED) is 0.839. The smallest absolute Gasteiger partial charge is 0.219 e. The average molecular weight is 287 g/mol. The molecule has 0 bridgehead atoms. The van der Waals surface area contributed by atoms with Crippen LogP contribution in [0.15, 0.2) is 12.3 Å². The highest BCUT2D eigenvalue weighted by Crippen LogP contribution is 2.34. The SMILES string of the molecule is CC(=O)N1CCCC1c1cnc(N2CCCCC2)cc1C. The first-order valence-corrected chi connectivity index (χ1v) is 8.15. The van der Waals surface area contributed by atoms with Gasteiger partial charge in [-0.1, -0.05) is 0 Å². The van der Waals surface area contributed by atoms with Gasteiger partial charge in [0.2, 0.25) is 5.91 Å². The summed E-state index contributed by atoms with van der Waals surface area (Å²) in [5.41, 5.74) is 2.49. The fourth-order valence-corrected chi connectivity index (χ4v) is 3.66. The van der Waals surface area contributed by atoms with E-state index < -0.39 is 0 Å². The Morgan fingerprint density at radius 3 is 2.62 bits per heavy atom. The summed E-state index contributed by atoms with van der Waals surface area (Å²) in [4.78, 5) is 20.8. The van der Waals surface area contributed by atoms with Crippen LogP contribution in [0.1, 0.15) is 56.2 Å². The lowest BCUT2D eigenvalue weighted by atomic mass is 10.0. The second kappa shape index (κ2) is 6.04. The molecule has 114 valence electrons. The van der Waals surface area contributed by atoms with Crippen molar-refractivity contribution in [2.75, 3.05) is 24.5 Å². The lowest BCUT2D eigenvalue weighted by Crippen LogP contribution is -2.31. The summed E-state index contributed by atoms with van der Waals surface area (Å²) in [6, 6.07) is 2.43. The van der Waals surface area contributed by atoms with E-state index in [9.17, 15) is 4.79 Å². The zero-order valence-corrected chi connectivity index (χ0v) is 13.1. The van der Waals surface area contributed by atoms with Gasteiger partial charge in [-0.2, -0.15) is 0 Å². The molecule has 0 radical (unpaired) electrons. The Hall–Kier alpha value is -1.58. The molecule has 0 saturated carbocycles. The van der Waals surface area contributed by atoms with Gasteiger partial charge >= 0.3 is 0 Å². The van der Waals surface area contributed by atoms with E-state index in [0.29, 0.717) is 0 Å². The van der Waals surface area contributed by atoms with Gasteiger partial charge in [0.15, 0.2) is 0 Å². The van der Waals surface area contributed by atoms with Gasteiger partial charge in [-0.25, -0.2) is 4.98 Å². The molecule has 1 atom stereocenters. The molecule has 1 amide bonds. The number of rotatable bonds is 2. The van der Waals surface area contributed by atoms with Crippen LogP contribution >= 0.6 is 0 Å². The highest BCUT2D eigenvalue weighted by Gasteiger charge is 2.29. The van der Waals surface area contributed by atoms with Gasteiger partial charge in [0.25, 0.3) is 0 Å². The third kappa shape index (κ3) is 2.89. The number of nitrogens with zero attached hydrogens (tertiary/aromatic N) is 3. The number of pyridine rings is 1. The molecule has 0 N–H and O–H groups in total. The Kier molecular flexibility index (Phi) is 4.13. The lowest BCUT2D eigenvalue weighted by molar-refractivity contribution is -0.129. The Bertz CT molecular complexity index is 523. The molecule has 3 rings (SSSR count). The minimum atomic E-state index is 0.178. The van der Waals surface area contributed by atoms with Crippen molar-refractivity contribution in [2.24, 2.45) is 0 Å². The van der Waals surface area contributed by atoms with Crippen molar-refractivity contribution in [2.45, 2.75) is 52.0 Å². The monoisotopic (exact) mass is 287 g/mol. The first-order chi connectivity index (χ1) is 10.2. The first-order valence-electron chi connectivity index (χ1n) is 8.15. The van der Waals surface area contributed by atoms with E-state index in [4.69, 9.17) is 0 Å². The van der Waals surface area contributed by atoms with Crippen LogP contribution in [0.5, 0.6) is 0 Å². The molecular weight excluding hydrogens is 262 g/mol. The summed E-state index contributed by atoms with van der Waals surface area (Å²) in [5.74, 6) is 1.28. The summed E-state index contributed by atoms with van der Waals surface area (Å²) >= 11 is 0. The predicted molar refractivity (Wildman–Crippen MR) is 84.4 cm³/mol. The van der Waals surface area contributed by atoms with Crippen molar-refractivity contribution in [3.63, 3.8) is 0 Å². The number of anilines is 1. The van der Waals surface area contributed by atoms with Gasteiger partial charge in [0, 0.05) is 32.8 Å². The minimum absolute atomic E-state index is 0.178. The van der Waals surface area contributed by atoms with Crippen LogP contribution in [-0.4, -0.2) is 35.4 Å². The largest absolute Gasteiger partial charge is 0.357 e. The van der Waals surface area contributed by atoms with Crippen LogP contribution in [0, 0.1) is 6.92 Å². The number of piperidine rings is 1. The van der Waals surface area contributed by atoms with E-state index in [1.54, 1.807) is 6.92 Å². The van der Waals surface area contributed by atoms with Gasteiger partial charge in [-0.15, -0.1) is 0 Å². The molecule has 0 spiro atoms. The van der Waals surface area contributed by atoms with Gasteiger partial charge in [0.05, 0.1) is 6.04 Å². The zero-order chi connectivity index (χ0) is 14.8. The number of carbonyl (C=O) groups is 1. The third-order valence-corrected chi connectivity index (χ3v) is 4.83. The van der Waals surface area contributed by atoms with E-state index in [-0.39, 0.29) is 11.9 Å². The first kappa shape index (κ1) is 14.4. The van der Waals surface area contributed by atoms with Gasteiger partial charge in [-0.3, -0.25) is 4.79 Å². The number of amides is 1. The second-order valence-electron chi connectivity index (χ2n) is 6.32. The van der Waals surface area contributed by atoms with Gasteiger partial charge in [-0.05, 0) is 56.2 Å². The Labute approximate surface area is 127 Å². The molecule has 21 heavy (non-hydrogen) atoms. The number of aromatic nitrogens is 1. The van der Waals surface area contributed by atoms with E-state index in [0.717, 1.165) is 38.3 Å². The number of hydrogen-bond donors (Lipinski definition) is 0. The third-order valence-electron chi connectivity index (χ3n) is 4.83. The zero-order valence-electron chi connectivity index (χ0n) is 13.1. The van der Waals surface area contributed by atoms with Crippen LogP contribution in [0.25, 0.3) is 0 Å². The number of hydrogen-bond acceptors (Lipinski definition) is 3. The van der Waals surface area contributed by atoms with Crippen LogP contribution in [0.3, 0.4) is 0 Å². The molecule has 2 saturated heterocycles. The molecule has 4 heteroatoms. The van der Waals surface area contributed by atoms with Crippen molar-refractivity contribution >= 4 is 11.7 Å². The maximum Gasteiger partial charge on any atom is 0.219 e. The molecule has 1 aromatic rings. The summed E-state index contributed by atoms with van der Waals surface area (Å²) in [6.07, 6.45) is 8.03. The second-order valence-corrected chi connectivity index (χ2v) is 6.32. The van der Waals surface area contributed by atoms with Crippen molar-refractivity contribution < 1.29 is 4.79 Å². The molecule has 1 aromatic heterocycles. The van der Waals surface area contributed by atoms with Crippen LogP contribution in [0.2, 0.25) is 0 Å². The van der Waals surface area contributed by atoms with E-state index in [1.165, 1.54) is 30.4 Å². The fraction of sp³-hybridized carbons (Fsp3) is 0.647. The molecule has 0 aromatic carbocycles. The highest BCUT2D eigenvalue weighted by atomic mass is 16.2. The number of carbonyl (C=O) groups excluding carboxylic acids is 1. The molecule has 1 unspecified atom stereocenters. The maximum atomic E-state index is 11.8. The molecule has 3 heterocycles. The molecule has 2 fully saturated rings. The predicted octanol–water partition coefficient (Wildman–Crippen LogP) is 3.06. The number of likely N-dealkylation sites (tertiary alicyclic amines) is 1. The fourth-order valence-electron chi connectivity index (χ4n) is 3.66. The summed E-state index contributed by atoms with van der Waals surface area (Å²) in [5, 5.41) is 0. The normalized spacial score (nSPS) is 22.7. The Morgan fingerprint density at radius 1 is 1.19 bits per heavy atom. The lowest BCUT2D eigenvalue weighted by Gasteiger charge is -2.29. The minimum Gasteiger partial charge on any atom is -0.357 e. The van der Waals surface area contributed by atoms with Crippen molar-refractivity contribution in [1.29, 1.82) is 0 Å². The van der Waals surface area contributed by atoms with E-state index >= 15 is 0 Å². The Balaban J connectivity index is 1.82. The van der Waals surface area contributed by atoms with E-state index in [2.05, 4.69) is 22.9 Å². The van der Waals surface area contributed by atoms with Crippen LogP contribution in [0.4, 0.5) is 5.82 Å². The molecule has 0 aliphatic carbocycles. The van der Waals surface area contributed by atoms with Gasteiger partial charge < -0.3 is 9.80 Å². The molecular formula is C17H25N3O. The van der Waals surface area contributed by atoms with Crippen LogP contribution in [-0.2, 0) is 4.79 Å². The molecule has 2 aliphatic rings. The van der Waals surface area contributed by atoms with Crippen molar-refractivity contribution in [3.8, 4) is 0 Å². The van der Waals surface area contributed by atoms with Crippen molar-refractivity contribution in [3.05, 3.63) is 23.4 Å². The van der Waals surface area contributed by atoms with Crippen LogP contribution < -0.4 is 4.90 Å². The maximum absolute atomic E-state index is 11.8. The Morgan fingerprint density at radius 2 is 1.95 bits per heavy atom. The summed E-state index contributed by atoms with van der Waals surface area (Å²) in [7, 11) is 0. The highest BCUT2D eigenvalue weighted by molar-refractivity contribution is 5.74.